The number of aromatic hydroxyl groups is 4. The van der Waals surface area contributed by atoms with Gasteiger partial charge in [-0.2, -0.15) is 0 Å². The Kier molecular flexibility index (Phi) is 31.7. The quantitative estimate of drug-likeness (QED) is 0.0281. The summed E-state index contributed by atoms with van der Waals surface area (Å²) in [5.74, 6) is 0.712. The molecule has 0 aromatic heterocycles. The first-order valence-electron chi connectivity index (χ1n) is 31.0. The number of aliphatic hydroxyl groups excluding tert-OH is 9. The highest BCUT2D eigenvalue weighted by Crippen LogP contribution is 2.45. The van der Waals surface area contributed by atoms with Gasteiger partial charge in [0.05, 0.1) is 51.8 Å². The second kappa shape index (κ2) is 36.1. The van der Waals surface area contributed by atoms with Crippen LogP contribution in [0.25, 0.3) is 0 Å². The first kappa shape index (κ1) is 76.4. The fourth-order valence-corrected chi connectivity index (χ4v) is 11.2. The van der Waals surface area contributed by atoms with E-state index in [1.54, 1.807) is 6.08 Å². The Morgan fingerprint density at radius 1 is 0.747 bits per heavy atom. The van der Waals surface area contributed by atoms with E-state index in [0.717, 1.165) is 71.2 Å². The van der Waals surface area contributed by atoms with E-state index in [2.05, 4.69) is 80.5 Å². The lowest BCUT2D eigenvalue weighted by Gasteiger charge is -2.40. The number of hydrogen-bond donors (Lipinski definition) is 13. The number of hydrogen-bond acceptors (Lipinski definition) is 19. The van der Waals surface area contributed by atoms with Gasteiger partial charge in [-0.05, 0) is 151 Å². The molecule has 0 spiro atoms. The van der Waals surface area contributed by atoms with Crippen molar-refractivity contribution in [3.63, 3.8) is 0 Å². The number of allylic oxidation sites excluding steroid dienone is 9. The standard InChI is InChI=1S/C24H40O2.C20H30O.C14H26O11.C10H12O5/c1-16(2)10-8-11-17(3)12-9-14-24(7)15-13-21-20(6)22(25)18(4)19(5)23(21)26-24;1-16(8-6-9-17(2)13-15-21)11-12-19-18(3)10-7-14-20(19,4)5;15-1-6-9(18)12(21)10(19)8(24-6)3-23-5-14(4-17)13(22)11(20)7(2-16)25-14;1-2-3-15-10(14)6-4-7(11)9(13)8(12)5-6/h16-17,25H,8-15H2,1-7H3;6,8-9,11-13,21H,7,10,14-15H2,1-5H3;6-13,15-22H,1-5H2;4-5,11-13H,2-3H2,1H3/b;9-6+,12-11+,16-8+,17-13+;;. The number of carbonyl (C=O) groups is 1. The summed E-state index contributed by atoms with van der Waals surface area (Å²) in [5, 5.41) is 123. The van der Waals surface area contributed by atoms with Gasteiger partial charge in [-0.3, -0.25) is 0 Å². The Balaban J connectivity index is 0.000000309. The summed E-state index contributed by atoms with van der Waals surface area (Å²) in [6.07, 6.45) is 16.1. The molecule has 19 heteroatoms. The molecule has 4 aliphatic rings. The zero-order chi connectivity index (χ0) is 65.6. The average molecular weight is 1230 g/mol. The largest absolute Gasteiger partial charge is 0.507 e. The van der Waals surface area contributed by atoms with Gasteiger partial charge in [-0.25, -0.2) is 4.79 Å². The van der Waals surface area contributed by atoms with Crippen molar-refractivity contribution in [2.75, 3.05) is 46.2 Å². The van der Waals surface area contributed by atoms with Gasteiger partial charge in [0.25, 0.3) is 0 Å². The van der Waals surface area contributed by atoms with Crippen LogP contribution < -0.4 is 4.74 Å². The second-order valence-electron chi connectivity index (χ2n) is 25.4. The van der Waals surface area contributed by atoms with Crippen LogP contribution in [0, 0.1) is 38.0 Å². The molecule has 11 unspecified atom stereocenters. The normalized spacial score (nSPS) is 26.7. The van der Waals surface area contributed by atoms with Gasteiger partial charge in [0, 0.05) is 5.56 Å². The molecule has 2 saturated heterocycles. The van der Waals surface area contributed by atoms with E-state index in [1.807, 2.05) is 39.8 Å². The summed E-state index contributed by atoms with van der Waals surface area (Å²) < 4.78 is 27.2. The lowest BCUT2D eigenvalue weighted by atomic mass is 9.72. The molecule has 1 aliphatic carbocycles. The number of phenolic OH excluding ortho intramolecular Hbond substituents is 4. The van der Waals surface area contributed by atoms with Crippen molar-refractivity contribution < 1.29 is 94.9 Å². The molecule has 2 aromatic rings. The van der Waals surface area contributed by atoms with E-state index >= 15 is 0 Å². The van der Waals surface area contributed by atoms with E-state index in [4.69, 9.17) is 54.3 Å². The maximum atomic E-state index is 11.3. The van der Waals surface area contributed by atoms with E-state index in [1.165, 1.54) is 73.6 Å². The number of benzene rings is 2. The number of phenols is 4. The minimum Gasteiger partial charge on any atom is -0.507 e. The Labute approximate surface area is 517 Å². The summed E-state index contributed by atoms with van der Waals surface area (Å²) in [7, 11) is 0. The molecule has 3 aliphatic heterocycles. The highest BCUT2D eigenvalue weighted by Gasteiger charge is 2.54. The molecule has 0 saturated carbocycles. The van der Waals surface area contributed by atoms with Gasteiger partial charge in [-0.15, -0.1) is 0 Å². The minimum absolute atomic E-state index is 0.00347. The fourth-order valence-electron chi connectivity index (χ4n) is 11.2. The van der Waals surface area contributed by atoms with Crippen molar-refractivity contribution in [2.45, 2.75) is 227 Å². The number of carbonyl (C=O) groups excluding carboxylic acids is 1. The molecule has 11 atom stereocenters. The van der Waals surface area contributed by atoms with E-state index < -0.39 is 104 Å². The molecule has 0 bridgehead atoms. The van der Waals surface area contributed by atoms with Gasteiger partial charge >= 0.3 is 5.97 Å². The lowest BCUT2D eigenvalue weighted by Crippen LogP contribution is -2.60. The van der Waals surface area contributed by atoms with E-state index in [-0.39, 0.29) is 31.0 Å². The Morgan fingerprint density at radius 3 is 1.95 bits per heavy atom. The molecule has 0 amide bonds. The Morgan fingerprint density at radius 2 is 1.38 bits per heavy atom. The zero-order valence-electron chi connectivity index (χ0n) is 54.1. The Hall–Kier alpha value is -4.87. The number of ether oxygens (including phenoxy) is 5. The SMILES string of the molecule is CC1=C(/C=C/C(C)=C/C=C/C(C)=C/CO)C(C)(C)CCC1.CCCOC(=O)c1cc(O)c(O)c(O)c1.Cc1c(C)c2c(c(C)c1O)CCC(C)(CCCC(C)CCCC(C)C)O2.OCC1OC(COCC2(CO)OC(CO)C(O)C2O)C(O)C(O)C1O. The molecular weight excluding hydrogens is 1120 g/mol. The van der Waals surface area contributed by atoms with Crippen molar-refractivity contribution in [2.24, 2.45) is 17.3 Å². The molecule has 494 valence electrons. The Bertz CT molecular complexity index is 2590. The summed E-state index contributed by atoms with van der Waals surface area (Å²) in [5.41, 5.74) is 8.21. The predicted octanol–water partition coefficient (Wildman–Crippen LogP) is 8.60. The molecular formula is C68H108O19. The van der Waals surface area contributed by atoms with Gasteiger partial charge in [0.15, 0.2) is 17.2 Å². The van der Waals surface area contributed by atoms with Gasteiger partial charge in [0.1, 0.15) is 71.5 Å². The third-order valence-electron chi connectivity index (χ3n) is 17.1. The monoisotopic (exact) mass is 1230 g/mol. The third kappa shape index (κ3) is 22.2. The van der Waals surface area contributed by atoms with Gasteiger partial charge in [0.2, 0.25) is 0 Å². The molecule has 2 aromatic carbocycles. The maximum Gasteiger partial charge on any atom is 0.338 e. The van der Waals surface area contributed by atoms with Crippen molar-refractivity contribution in [1.82, 2.24) is 0 Å². The van der Waals surface area contributed by atoms with E-state index in [0.29, 0.717) is 17.6 Å². The molecule has 2 fully saturated rings. The molecule has 13 N–H and O–H groups in total. The van der Waals surface area contributed by atoms with Crippen LogP contribution in [-0.4, -0.2) is 179 Å². The van der Waals surface area contributed by atoms with Crippen LogP contribution in [0.5, 0.6) is 28.7 Å². The first-order chi connectivity index (χ1) is 40.9. The summed E-state index contributed by atoms with van der Waals surface area (Å²) in [6, 6.07) is 2.07. The smallest absolute Gasteiger partial charge is 0.338 e. The summed E-state index contributed by atoms with van der Waals surface area (Å²) >= 11 is 0. The van der Waals surface area contributed by atoms with Crippen LogP contribution in [0.3, 0.4) is 0 Å². The lowest BCUT2D eigenvalue weighted by molar-refractivity contribution is -0.244. The zero-order valence-corrected chi connectivity index (χ0v) is 54.1. The highest BCUT2D eigenvalue weighted by atomic mass is 16.6. The van der Waals surface area contributed by atoms with Crippen LogP contribution in [0.15, 0.2) is 70.9 Å². The molecule has 3 heterocycles. The number of esters is 1. The predicted molar refractivity (Wildman–Crippen MR) is 335 cm³/mol. The van der Waals surface area contributed by atoms with Gasteiger partial charge in [-0.1, -0.05) is 120 Å². The topological polar surface area (TPSA) is 326 Å². The van der Waals surface area contributed by atoms with Crippen LogP contribution >= 0.6 is 0 Å². The van der Waals surface area contributed by atoms with Crippen LogP contribution in [0.4, 0.5) is 0 Å². The minimum atomic E-state index is -1.67. The third-order valence-corrected chi connectivity index (χ3v) is 17.1. The first-order valence-corrected chi connectivity index (χ1v) is 31.0. The van der Waals surface area contributed by atoms with Crippen LogP contribution in [0.2, 0.25) is 0 Å². The van der Waals surface area contributed by atoms with Crippen molar-refractivity contribution in [3.05, 3.63) is 98.7 Å². The van der Waals surface area contributed by atoms with Crippen LogP contribution in [0.1, 0.15) is 172 Å². The second-order valence-corrected chi connectivity index (χ2v) is 25.4. The molecule has 19 nitrogen and oxygen atoms in total. The molecule has 87 heavy (non-hydrogen) atoms. The fraction of sp³-hybridized carbons (Fsp3) is 0.662. The number of fused-ring (bicyclic) bond motifs is 1. The highest BCUT2D eigenvalue weighted by molar-refractivity contribution is 5.91. The molecule has 6 rings (SSSR count). The van der Waals surface area contributed by atoms with Gasteiger partial charge < -0.3 is 90.1 Å². The maximum absolute atomic E-state index is 11.3. The number of rotatable bonds is 23. The van der Waals surface area contributed by atoms with Crippen molar-refractivity contribution in [3.8, 4) is 28.7 Å². The van der Waals surface area contributed by atoms with Crippen molar-refractivity contribution >= 4 is 5.97 Å². The average Bonchev–Trinajstić information content (AvgIpc) is 1.58. The summed E-state index contributed by atoms with van der Waals surface area (Å²) in [4.78, 5) is 11.3. The number of aliphatic hydroxyl groups is 9. The summed E-state index contributed by atoms with van der Waals surface area (Å²) in [6.45, 7) is 26.1. The van der Waals surface area contributed by atoms with Crippen molar-refractivity contribution in [1.29, 1.82) is 0 Å². The van der Waals surface area contributed by atoms with Crippen LogP contribution in [-0.2, 0) is 25.4 Å². The van der Waals surface area contributed by atoms with E-state index in [9.17, 15) is 40.5 Å². The molecule has 0 radical (unpaired) electrons.